The number of nitrogens with zero attached hydrogens (tertiary/aromatic N) is 4. The zero-order chi connectivity index (χ0) is 31.5. The second kappa shape index (κ2) is 13.0. The van der Waals surface area contributed by atoms with E-state index in [0.29, 0.717) is 43.8 Å². The molecule has 3 heterocycles. The van der Waals surface area contributed by atoms with Crippen LogP contribution in [0.15, 0.2) is 35.3 Å². The van der Waals surface area contributed by atoms with Gasteiger partial charge in [-0.15, -0.1) is 0 Å². The molecule has 1 amide bonds. The van der Waals surface area contributed by atoms with Crippen molar-refractivity contribution in [3.8, 4) is 5.75 Å². The molecule has 4 rings (SSSR count). The van der Waals surface area contributed by atoms with Gasteiger partial charge in [-0.05, 0) is 62.4 Å². The van der Waals surface area contributed by atoms with Crippen LogP contribution < -0.4 is 26.9 Å². The number of nitrogen functional groups attached to an aromatic ring is 1. The third-order valence-corrected chi connectivity index (χ3v) is 7.60. The molecule has 0 unspecified atom stereocenters. The number of primary amides is 1. The van der Waals surface area contributed by atoms with Gasteiger partial charge in [-0.1, -0.05) is 19.9 Å². The van der Waals surface area contributed by atoms with Crippen LogP contribution in [0.25, 0.3) is 11.0 Å². The number of aromatic nitrogens is 3. The van der Waals surface area contributed by atoms with Crippen LogP contribution in [0.1, 0.15) is 61.9 Å². The van der Waals surface area contributed by atoms with E-state index in [1.165, 1.54) is 25.4 Å². The third kappa shape index (κ3) is 7.10. The van der Waals surface area contributed by atoms with Crippen LogP contribution in [-0.4, -0.2) is 58.0 Å². The molecule has 13 heteroatoms. The summed E-state index contributed by atoms with van der Waals surface area (Å²) in [6, 6.07) is 2.93. The molecule has 3 aromatic rings. The van der Waals surface area contributed by atoms with Crippen LogP contribution in [0.2, 0.25) is 0 Å². The molecule has 1 aromatic carbocycles. The molecular weight excluding hydrogens is 563 g/mol. The van der Waals surface area contributed by atoms with E-state index in [9.17, 15) is 18.4 Å². The lowest BCUT2D eigenvalue weighted by Crippen LogP contribution is -2.36. The van der Waals surface area contributed by atoms with Gasteiger partial charge < -0.3 is 31.0 Å². The van der Waals surface area contributed by atoms with Crippen molar-refractivity contribution in [1.29, 1.82) is 0 Å². The normalized spacial score (nSPS) is 15.1. The summed E-state index contributed by atoms with van der Waals surface area (Å²) in [5.41, 5.74) is 11.6. The Balaban J connectivity index is 1.58. The monoisotopic (exact) mass is 601 g/mol. The SMILES string of the molecule is C/C=C/C(F)(F)CCN1CCC(c2cc(OC)c(Nc3ncc4c(=O)c(C(N)=O)c(N)n(CC(C)C)c4n3)cc2F)CC1. The fraction of sp³-hybridized carbons (Fsp3) is 0.467. The van der Waals surface area contributed by atoms with Gasteiger partial charge in [0.2, 0.25) is 11.4 Å². The van der Waals surface area contributed by atoms with E-state index in [2.05, 4.69) is 15.3 Å². The number of hydrogen-bond acceptors (Lipinski definition) is 8. The average Bonchev–Trinajstić information content (AvgIpc) is 2.94. The molecule has 10 nitrogen and oxygen atoms in total. The first kappa shape index (κ1) is 31.8. The van der Waals surface area contributed by atoms with E-state index in [4.69, 9.17) is 16.2 Å². The van der Waals surface area contributed by atoms with Crippen molar-refractivity contribution in [3.63, 3.8) is 0 Å². The van der Waals surface area contributed by atoms with E-state index in [1.54, 1.807) is 17.6 Å². The minimum absolute atomic E-state index is 0.0594. The van der Waals surface area contributed by atoms with Crippen LogP contribution in [0.3, 0.4) is 0 Å². The van der Waals surface area contributed by atoms with Crippen molar-refractivity contribution in [2.24, 2.45) is 11.7 Å². The van der Waals surface area contributed by atoms with Crippen molar-refractivity contribution in [1.82, 2.24) is 19.4 Å². The first-order valence-corrected chi connectivity index (χ1v) is 14.2. The molecule has 232 valence electrons. The highest BCUT2D eigenvalue weighted by molar-refractivity contribution is 6.00. The fourth-order valence-corrected chi connectivity index (χ4v) is 5.46. The Hall–Kier alpha value is -4.13. The lowest BCUT2D eigenvalue weighted by atomic mass is 9.88. The van der Waals surface area contributed by atoms with Gasteiger partial charge in [-0.2, -0.15) is 4.98 Å². The van der Waals surface area contributed by atoms with Crippen LogP contribution in [0.5, 0.6) is 5.75 Å². The molecule has 0 spiro atoms. The molecule has 2 aromatic heterocycles. The number of amides is 1. The number of ether oxygens (including phenoxy) is 1. The lowest BCUT2D eigenvalue weighted by Gasteiger charge is -2.33. The number of benzene rings is 1. The number of rotatable bonds is 11. The number of carbonyl (C=O) groups is 1. The third-order valence-electron chi connectivity index (χ3n) is 7.60. The number of halogens is 3. The van der Waals surface area contributed by atoms with Crippen molar-refractivity contribution in [3.05, 3.63) is 57.6 Å². The summed E-state index contributed by atoms with van der Waals surface area (Å²) in [5, 5.41) is 3.04. The van der Waals surface area contributed by atoms with Gasteiger partial charge in [-0.25, -0.2) is 18.2 Å². The number of carbonyl (C=O) groups excluding carboxylic acids is 1. The largest absolute Gasteiger partial charge is 0.495 e. The molecule has 5 N–H and O–H groups in total. The Morgan fingerprint density at radius 3 is 2.58 bits per heavy atom. The van der Waals surface area contributed by atoms with Crippen molar-refractivity contribution < 1.29 is 22.7 Å². The standard InChI is InChI=1S/C30H38F3N7O3/c1-5-8-30(32,33)9-12-39-10-6-18(7-11-39)19-13-23(43-4)22(14-21(19)31)37-29-36-15-20-25(41)24(27(35)42)26(34)40(16-17(2)3)28(20)38-29/h5,8,13-15,17-18H,6-7,9-12,16,34H2,1-4H3,(H2,35,42)(H,36,37,38)/b8-5+. The maximum absolute atomic E-state index is 15.5. The molecule has 0 aliphatic carbocycles. The summed E-state index contributed by atoms with van der Waals surface area (Å²) in [6.07, 6.45) is 4.54. The second-order valence-electron chi connectivity index (χ2n) is 11.2. The van der Waals surface area contributed by atoms with Gasteiger partial charge in [0.1, 0.15) is 22.9 Å². The Morgan fingerprint density at radius 1 is 1.28 bits per heavy atom. The molecule has 1 aliphatic rings. The molecular formula is C30H38F3N7O3. The predicted molar refractivity (Wildman–Crippen MR) is 161 cm³/mol. The van der Waals surface area contributed by atoms with Crippen molar-refractivity contribution in [2.45, 2.75) is 58.4 Å². The predicted octanol–water partition coefficient (Wildman–Crippen LogP) is 4.80. The maximum atomic E-state index is 15.5. The summed E-state index contributed by atoms with van der Waals surface area (Å²) >= 11 is 0. The number of nitrogens with two attached hydrogens (primary N) is 2. The van der Waals surface area contributed by atoms with Gasteiger partial charge in [0.25, 0.3) is 11.8 Å². The highest BCUT2D eigenvalue weighted by atomic mass is 19.3. The molecule has 1 aliphatic heterocycles. The van der Waals surface area contributed by atoms with E-state index >= 15 is 4.39 Å². The van der Waals surface area contributed by atoms with Gasteiger partial charge in [0.15, 0.2) is 5.65 Å². The molecule has 0 radical (unpaired) electrons. The van der Waals surface area contributed by atoms with Crippen LogP contribution in [0.4, 0.5) is 30.6 Å². The number of pyridine rings is 1. The number of anilines is 3. The maximum Gasteiger partial charge on any atom is 0.267 e. The summed E-state index contributed by atoms with van der Waals surface area (Å²) < 4.78 is 50.3. The topological polar surface area (TPSA) is 141 Å². The number of methoxy groups -OCH3 is 1. The van der Waals surface area contributed by atoms with Gasteiger partial charge in [0.05, 0.1) is 18.2 Å². The van der Waals surface area contributed by atoms with Crippen molar-refractivity contribution in [2.75, 3.05) is 37.8 Å². The van der Waals surface area contributed by atoms with Crippen LogP contribution >= 0.6 is 0 Å². The molecule has 43 heavy (non-hydrogen) atoms. The first-order chi connectivity index (χ1) is 20.3. The Labute approximate surface area is 247 Å². The minimum Gasteiger partial charge on any atom is -0.495 e. The fourth-order valence-electron chi connectivity index (χ4n) is 5.46. The highest BCUT2D eigenvalue weighted by Gasteiger charge is 2.29. The number of allylic oxidation sites excluding steroid dienone is 2. The van der Waals surface area contributed by atoms with E-state index in [0.717, 1.165) is 6.08 Å². The zero-order valence-corrected chi connectivity index (χ0v) is 24.8. The lowest BCUT2D eigenvalue weighted by molar-refractivity contribution is 0.0307. The molecule has 0 saturated carbocycles. The molecule has 1 fully saturated rings. The van der Waals surface area contributed by atoms with E-state index in [-0.39, 0.29) is 58.9 Å². The number of piperidine rings is 1. The molecule has 1 saturated heterocycles. The smallest absolute Gasteiger partial charge is 0.267 e. The summed E-state index contributed by atoms with van der Waals surface area (Å²) in [4.78, 5) is 35.6. The van der Waals surface area contributed by atoms with Gasteiger partial charge >= 0.3 is 0 Å². The van der Waals surface area contributed by atoms with E-state index < -0.39 is 23.1 Å². The summed E-state index contributed by atoms with van der Waals surface area (Å²) in [5.74, 6) is -3.91. The number of nitrogens with one attached hydrogen (secondary N) is 1. The minimum atomic E-state index is -2.84. The van der Waals surface area contributed by atoms with E-state index in [1.807, 2.05) is 18.7 Å². The van der Waals surface area contributed by atoms with Crippen LogP contribution in [-0.2, 0) is 6.54 Å². The van der Waals surface area contributed by atoms with Gasteiger partial charge in [0, 0.05) is 31.8 Å². The average molecular weight is 602 g/mol. The Bertz CT molecular complexity index is 1580. The second-order valence-corrected chi connectivity index (χ2v) is 11.2. The number of likely N-dealkylation sites (tertiary alicyclic amines) is 1. The number of alkyl halides is 2. The first-order valence-electron chi connectivity index (χ1n) is 14.2. The molecule has 0 bridgehead atoms. The Kier molecular flexibility index (Phi) is 9.63. The Morgan fingerprint density at radius 2 is 1.98 bits per heavy atom. The molecule has 0 atom stereocenters. The summed E-state index contributed by atoms with van der Waals surface area (Å²) in [7, 11) is 1.46. The highest BCUT2D eigenvalue weighted by Crippen LogP contribution is 2.37. The quantitative estimate of drug-likeness (QED) is 0.266. The number of fused-ring (bicyclic) bond motifs is 1. The number of hydrogen-bond donors (Lipinski definition) is 3. The van der Waals surface area contributed by atoms with Gasteiger partial charge in [-0.3, -0.25) is 9.59 Å². The zero-order valence-electron chi connectivity index (χ0n) is 24.8. The summed E-state index contributed by atoms with van der Waals surface area (Å²) in [6.45, 7) is 7.24. The van der Waals surface area contributed by atoms with Crippen molar-refractivity contribution >= 4 is 34.4 Å². The van der Waals surface area contributed by atoms with Crippen LogP contribution in [0, 0.1) is 11.7 Å².